The third-order valence-electron chi connectivity index (χ3n) is 4.39. The fourth-order valence-electron chi connectivity index (χ4n) is 3.12. The number of hydrogen-bond donors (Lipinski definition) is 1. The minimum Gasteiger partial charge on any atom is -0.379 e. The molecule has 0 radical (unpaired) electrons. The summed E-state index contributed by atoms with van der Waals surface area (Å²) in [6.45, 7) is 11.9. The van der Waals surface area contributed by atoms with E-state index in [0.29, 0.717) is 6.04 Å². The lowest BCUT2D eigenvalue weighted by Gasteiger charge is -2.41. The normalized spacial score (nSPS) is 27.1. The van der Waals surface area contributed by atoms with Crippen molar-refractivity contribution in [2.45, 2.75) is 77.9 Å². The number of hydrogen-bond acceptors (Lipinski definition) is 3. The molecular weight excluding hydrogens is 250 g/mol. The van der Waals surface area contributed by atoms with Gasteiger partial charge in [-0.1, -0.05) is 33.6 Å². The quantitative estimate of drug-likeness (QED) is 0.620. The Morgan fingerprint density at radius 1 is 1.15 bits per heavy atom. The monoisotopic (exact) mass is 285 g/mol. The third-order valence-corrected chi connectivity index (χ3v) is 4.39. The maximum absolute atomic E-state index is 6.26. The Balaban J connectivity index is 2.43. The molecule has 1 aliphatic carbocycles. The summed E-state index contributed by atoms with van der Waals surface area (Å²) < 4.78 is 11.7. The summed E-state index contributed by atoms with van der Waals surface area (Å²) in [5.74, 6) is 0.919. The van der Waals surface area contributed by atoms with Gasteiger partial charge >= 0.3 is 0 Å². The molecule has 0 saturated heterocycles. The maximum Gasteiger partial charge on any atom is 0.0807 e. The number of rotatable bonds is 10. The van der Waals surface area contributed by atoms with E-state index in [4.69, 9.17) is 9.47 Å². The Morgan fingerprint density at radius 3 is 2.40 bits per heavy atom. The molecule has 1 saturated carbocycles. The molecule has 0 aromatic carbocycles. The van der Waals surface area contributed by atoms with Crippen LogP contribution in [0.15, 0.2) is 0 Å². The van der Waals surface area contributed by atoms with Gasteiger partial charge in [0.1, 0.15) is 0 Å². The first kappa shape index (κ1) is 17.9. The Kier molecular flexibility index (Phi) is 8.74. The molecule has 1 aliphatic rings. The Bertz CT molecular complexity index is 230. The van der Waals surface area contributed by atoms with E-state index in [1.807, 2.05) is 6.92 Å². The topological polar surface area (TPSA) is 30.5 Å². The van der Waals surface area contributed by atoms with Gasteiger partial charge in [-0.2, -0.15) is 0 Å². The molecule has 1 fully saturated rings. The second kappa shape index (κ2) is 9.75. The van der Waals surface area contributed by atoms with Crippen LogP contribution >= 0.6 is 0 Å². The van der Waals surface area contributed by atoms with Gasteiger partial charge in [0.05, 0.1) is 18.8 Å². The van der Waals surface area contributed by atoms with Crippen LogP contribution in [0.3, 0.4) is 0 Å². The fourth-order valence-corrected chi connectivity index (χ4v) is 3.12. The van der Waals surface area contributed by atoms with Crippen molar-refractivity contribution in [1.82, 2.24) is 5.32 Å². The average Bonchev–Trinajstić information content (AvgIpc) is 2.44. The summed E-state index contributed by atoms with van der Waals surface area (Å²) in [5.41, 5.74) is 0.0472. The summed E-state index contributed by atoms with van der Waals surface area (Å²) in [5, 5.41) is 3.58. The summed E-state index contributed by atoms with van der Waals surface area (Å²) in [6, 6.07) is 0.524. The molecule has 120 valence electrons. The Morgan fingerprint density at radius 2 is 1.85 bits per heavy atom. The lowest BCUT2D eigenvalue weighted by Crippen LogP contribution is -2.48. The average molecular weight is 285 g/mol. The van der Waals surface area contributed by atoms with Gasteiger partial charge < -0.3 is 14.8 Å². The molecular formula is C17H35NO2. The van der Waals surface area contributed by atoms with Gasteiger partial charge in [-0.3, -0.25) is 0 Å². The molecule has 0 aromatic rings. The minimum absolute atomic E-state index is 0.0472. The van der Waals surface area contributed by atoms with Crippen LogP contribution in [0.5, 0.6) is 0 Å². The SMILES string of the molecule is CCCC1CCC(CNC(C)C)(OCCOCC)CC1. The van der Waals surface area contributed by atoms with Crippen molar-refractivity contribution < 1.29 is 9.47 Å². The van der Waals surface area contributed by atoms with E-state index < -0.39 is 0 Å². The molecule has 1 rings (SSSR count). The van der Waals surface area contributed by atoms with Crippen molar-refractivity contribution in [1.29, 1.82) is 0 Å². The highest BCUT2D eigenvalue weighted by molar-refractivity contribution is 4.89. The van der Waals surface area contributed by atoms with Gasteiger partial charge in [-0.05, 0) is 38.5 Å². The molecule has 0 amide bonds. The Labute approximate surface area is 125 Å². The van der Waals surface area contributed by atoms with Crippen LogP contribution in [0.25, 0.3) is 0 Å². The van der Waals surface area contributed by atoms with Crippen LogP contribution in [0.1, 0.15) is 66.2 Å². The number of nitrogens with one attached hydrogen (secondary N) is 1. The van der Waals surface area contributed by atoms with Gasteiger partial charge in [0, 0.05) is 19.2 Å². The van der Waals surface area contributed by atoms with Crippen LogP contribution in [-0.4, -0.2) is 38.0 Å². The molecule has 0 spiro atoms. The van der Waals surface area contributed by atoms with Crippen LogP contribution in [0, 0.1) is 5.92 Å². The number of ether oxygens (including phenoxy) is 2. The smallest absolute Gasteiger partial charge is 0.0807 e. The van der Waals surface area contributed by atoms with Crippen molar-refractivity contribution >= 4 is 0 Å². The molecule has 3 heteroatoms. The minimum atomic E-state index is 0.0472. The molecule has 20 heavy (non-hydrogen) atoms. The van der Waals surface area contributed by atoms with Crippen LogP contribution < -0.4 is 5.32 Å². The molecule has 3 nitrogen and oxygen atoms in total. The first-order valence-corrected chi connectivity index (χ1v) is 8.57. The van der Waals surface area contributed by atoms with Gasteiger partial charge in [-0.25, -0.2) is 0 Å². The van der Waals surface area contributed by atoms with Crippen molar-refractivity contribution in [2.75, 3.05) is 26.4 Å². The standard InChI is InChI=1S/C17H35NO2/c1-5-7-16-8-10-17(11-9-16,14-18-15(3)4)20-13-12-19-6-2/h15-16,18H,5-14H2,1-4H3. The lowest BCUT2D eigenvalue weighted by molar-refractivity contribution is -0.0930. The first-order valence-electron chi connectivity index (χ1n) is 8.57. The van der Waals surface area contributed by atoms with Crippen molar-refractivity contribution in [3.8, 4) is 0 Å². The van der Waals surface area contributed by atoms with E-state index in [9.17, 15) is 0 Å². The van der Waals surface area contributed by atoms with Gasteiger partial charge in [0.25, 0.3) is 0 Å². The maximum atomic E-state index is 6.26. The van der Waals surface area contributed by atoms with Crippen molar-refractivity contribution in [2.24, 2.45) is 5.92 Å². The molecule has 0 unspecified atom stereocenters. The zero-order valence-electron chi connectivity index (χ0n) is 14.0. The second-order valence-electron chi connectivity index (χ2n) is 6.50. The van der Waals surface area contributed by atoms with Crippen molar-refractivity contribution in [3.05, 3.63) is 0 Å². The highest BCUT2D eigenvalue weighted by Gasteiger charge is 2.35. The highest BCUT2D eigenvalue weighted by atomic mass is 16.5. The molecule has 1 N–H and O–H groups in total. The molecule has 0 atom stereocenters. The summed E-state index contributed by atoms with van der Waals surface area (Å²) in [4.78, 5) is 0. The van der Waals surface area contributed by atoms with Crippen LogP contribution in [-0.2, 0) is 9.47 Å². The van der Waals surface area contributed by atoms with E-state index in [1.54, 1.807) is 0 Å². The summed E-state index contributed by atoms with van der Waals surface area (Å²) >= 11 is 0. The van der Waals surface area contributed by atoms with E-state index >= 15 is 0 Å². The predicted molar refractivity (Wildman–Crippen MR) is 85.2 cm³/mol. The van der Waals surface area contributed by atoms with E-state index in [2.05, 4.69) is 26.1 Å². The van der Waals surface area contributed by atoms with Crippen LogP contribution in [0.4, 0.5) is 0 Å². The van der Waals surface area contributed by atoms with E-state index in [0.717, 1.165) is 32.3 Å². The van der Waals surface area contributed by atoms with E-state index in [-0.39, 0.29) is 5.60 Å². The first-order chi connectivity index (χ1) is 9.62. The van der Waals surface area contributed by atoms with Gasteiger partial charge in [0.15, 0.2) is 0 Å². The molecule has 0 aliphatic heterocycles. The Hall–Kier alpha value is -0.120. The zero-order valence-corrected chi connectivity index (χ0v) is 14.0. The van der Waals surface area contributed by atoms with Gasteiger partial charge in [0.2, 0.25) is 0 Å². The molecule has 0 bridgehead atoms. The highest BCUT2D eigenvalue weighted by Crippen LogP contribution is 2.36. The van der Waals surface area contributed by atoms with E-state index in [1.165, 1.54) is 38.5 Å². The lowest BCUT2D eigenvalue weighted by atomic mass is 9.77. The zero-order chi connectivity index (χ0) is 14.8. The predicted octanol–water partition coefficient (Wildman–Crippen LogP) is 3.77. The largest absolute Gasteiger partial charge is 0.379 e. The van der Waals surface area contributed by atoms with Gasteiger partial charge in [-0.15, -0.1) is 0 Å². The second-order valence-corrected chi connectivity index (χ2v) is 6.50. The summed E-state index contributed by atoms with van der Waals surface area (Å²) in [6.07, 6.45) is 7.73. The summed E-state index contributed by atoms with van der Waals surface area (Å²) in [7, 11) is 0. The van der Waals surface area contributed by atoms with Crippen LogP contribution in [0.2, 0.25) is 0 Å². The third kappa shape index (κ3) is 6.55. The van der Waals surface area contributed by atoms with Crippen molar-refractivity contribution in [3.63, 3.8) is 0 Å². The molecule has 0 aromatic heterocycles. The fraction of sp³-hybridized carbons (Fsp3) is 1.00. The molecule has 0 heterocycles.